The summed E-state index contributed by atoms with van der Waals surface area (Å²) in [4.78, 5) is 179. The first-order valence-electron chi connectivity index (χ1n) is 27.5. The van der Waals surface area contributed by atoms with Gasteiger partial charge in [0.25, 0.3) is 0 Å². The molecule has 10 atom stereocenters. The van der Waals surface area contributed by atoms with E-state index in [1.54, 1.807) is 13.8 Å². The molecule has 0 saturated carbocycles. The van der Waals surface area contributed by atoms with Crippen molar-refractivity contribution in [1.29, 1.82) is 0 Å². The number of carbonyl (C=O) groups is 13. The van der Waals surface area contributed by atoms with Crippen molar-refractivity contribution < 1.29 is 72.5 Å². The summed E-state index contributed by atoms with van der Waals surface area (Å²) in [5, 5.41) is 41.7. The number of carboxylic acid groups (broad SMARTS) is 1. The van der Waals surface area contributed by atoms with E-state index in [0.717, 1.165) is 13.8 Å². The Morgan fingerprint density at radius 2 is 0.750 bits per heavy atom. The maximum Gasteiger partial charge on any atom is 0.305 e. The molecule has 0 heterocycles. The molecule has 476 valence electrons. The van der Waals surface area contributed by atoms with Gasteiger partial charge >= 0.3 is 5.97 Å². The Morgan fingerprint density at radius 3 is 1.08 bits per heavy atom. The van der Waals surface area contributed by atoms with Crippen molar-refractivity contribution in [3.05, 3.63) is 0 Å². The second-order valence-corrected chi connectivity index (χ2v) is 20.9. The van der Waals surface area contributed by atoms with Crippen molar-refractivity contribution in [3.8, 4) is 0 Å². The minimum atomic E-state index is -1.88. The van der Waals surface area contributed by atoms with Gasteiger partial charge in [0.1, 0.15) is 54.4 Å². The number of guanidine groups is 2. The van der Waals surface area contributed by atoms with E-state index < -0.39 is 169 Å². The summed E-state index contributed by atoms with van der Waals surface area (Å²) in [6.45, 7) is 9.36. The standard InChI is InChI=1S/C50H91N19O15/c1-24(2)21-33(40(54)76)67-46(82)34(22-25(3)4)68-43(79)28(11-7-8-18-51)62-41(77)29(12-9-19-59-49(55)56)63-44(80)31(14-16-36(52)72)65-45(81)32(15-17-37(53)73)64-42(78)30(13-10-20-60-50(57)58)66-48(84)39(26(5)70)69-47(83)35(23-38(74)75)61-27(6)71/h24-26,28-35,39,70H,7-23,51H2,1-6H3,(H2,52,72)(H2,53,73)(H2,54,76)(H,61,71)(H,62,77)(H,63,80)(H,64,78)(H,65,81)(H,66,84)(H,67,82)(H,68,79)(H,69,83)(H,74,75)(H4,55,56,59)(H4,57,58,60)/t26-,28+,29+,30+,31+,32+,33+,34+,35+,39+/m1/s1. The zero-order valence-corrected chi connectivity index (χ0v) is 48.7. The van der Waals surface area contributed by atoms with Crippen molar-refractivity contribution in [3.63, 3.8) is 0 Å². The van der Waals surface area contributed by atoms with E-state index in [-0.39, 0.29) is 88.3 Å². The Labute approximate surface area is 487 Å². The molecular weight excluding hydrogens is 1110 g/mol. The molecule has 84 heavy (non-hydrogen) atoms. The van der Waals surface area contributed by atoms with Crippen LogP contribution in [0.2, 0.25) is 0 Å². The summed E-state index contributed by atoms with van der Waals surface area (Å²) in [5.41, 5.74) is 44.1. The molecule has 0 fully saturated rings. The average molecular weight is 1200 g/mol. The third-order valence-corrected chi connectivity index (χ3v) is 12.2. The first-order valence-corrected chi connectivity index (χ1v) is 27.5. The smallest absolute Gasteiger partial charge is 0.305 e. The number of nitrogens with one attached hydrogen (secondary N) is 9. The van der Waals surface area contributed by atoms with Crippen LogP contribution in [-0.4, -0.2) is 179 Å². The highest BCUT2D eigenvalue weighted by Gasteiger charge is 2.37. The summed E-state index contributed by atoms with van der Waals surface area (Å²) < 4.78 is 0. The highest BCUT2D eigenvalue weighted by atomic mass is 16.4. The highest BCUT2D eigenvalue weighted by Crippen LogP contribution is 2.13. The lowest BCUT2D eigenvalue weighted by Crippen LogP contribution is -2.61. The minimum absolute atomic E-state index is 0.0140. The Balaban J connectivity index is 7.26. The monoisotopic (exact) mass is 1200 g/mol. The summed E-state index contributed by atoms with van der Waals surface area (Å²) in [6, 6.07) is -13.9. The normalized spacial score (nSPS) is 14.5. The van der Waals surface area contributed by atoms with Crippen LogP contribution in [0.5, 0.6) is 0 Å². The van der Waals surface area contributed by atoms with Crippen molar-refractivity contribution in [2.75, 3.05) is 19.6 Å². The van der Waals surface area contributed by atoms with Crippen LogP contribution in [0, 0.1) is 11.8 Å². The zero-order chi connectivity index (χ0) is 64.4. The van der Waals surface area contributed by atoms with Crippen LogP contribution < -0.4 is 93.7 Å². The first kappa shape index (κ1) is 75.6. The number of primary amides is 3. The van der Waals surface area contributed by atoms with Crippen LogP contribution in [-0.2, 0) is 62.3 Å². The number of nitrogens with zero attached hydrogens (tertiary/aromatic N) is 2. The third kappa shape index (κ3) is 32.9. The molecule has 0 aromatic heterocycles. The number of hydrogen-bond acceptors (Lipinski definition) is 17. The molecule has 0 aliphatic carbocycles. The van der Waals surface area contributed by atoms with Gasteiger partial charge in [0.2, 0.25) is 70.9 Å². The summed E-state index contributed by atoms with van der Waals surface area (Å²) in [5.74, 6) is -14.1. The number of carboxylic acids is 1. The topological polar surface area (TPSA) is 604 Å². The van der Waals surface area contributed by atoms with Crippen LogP contribution in [0.1, 0.15) is 131 Å². The lowest BCUT2D eigenvalue weighted by molar-refractivity contribution is -0.141. The Bertz CT molecular complexity index is 2290. The quantitative estimate of drug-likeness (QED) is 0.0153. The molecule has 0 unspecified atom stereocenters. The van der Waals surface area contributed by atoms with E-state index in [0.29, 0.717) is 12.8 Å². The minimum Gasteiger partial charge on any atom is -0.481 e. The van der Waals surface area contributed by atoms with E-state index in [1.807, 2.05) is 13.8 Å². The van der Waals surface area contributed by atoms with Crippen molar-refractivity contribution in [1.82, 2.24) is 47.9 Å². The SMILES string of the molecule is CC(=O)N[C@@H](CC(=O)O)C(=O)N[C@H](C(=O)N[C@@H](CCCN=C(N)N)C(=O)N[C@@H](CCC(N)=O)C(=O)N[C@@H](CCC(N)=O)C(=O)N[C@@H](CCCN=C(N)N)C(=O)N[C@@H](CCCCN)C(=O)N[C@@H](CC(C)C)C(=O)N[C@@H](CC(C)C)C(N)=O)[C@@H](C)O. The van der Waals surface area contributed by atoms with Gasteiger partial charge in [-0.05, 0) is 95.9 Å². The van der Waals surface area contributed by atoms with Crippen LogP contribution in [0.3, 0.4) is 0 Å². The molecule has 0 aliphatic rings. The fourth-order valence-corrected chi connectivity index (χ4v) is 8.02. The maximum absolute atomic E-state index is 14.4. The number of hydrogen-bond donors (Lipinski definition) is 19. The maximum atomic E-state index is 14.4. The Kier molecular flexibility index (Phi) is 35.9. The molecule has 0 rings (SSSR count). The van der Waals surface area contributed by atoms with Gasteiger partial charge in [0.15, 0.2) is 11.9 Å². The molecule has 0 radical (unpaired) electrons. The fraction of sp³-hybridized carbons (Fsp3) is 0.700. The van der Waals surface area contributed by atoms with Gasteiger partial charge in [-0.25, -0.2) is 0 Å². The number of aliphatic carboxylic acids is 1. The second kappa shape index (κ2) is 39.9. The summed E-state index contributed by atoms with van der Waals surface area (Å²) in [6.07, 6.45) is -4.31. The van der Waals surface area contributed by atoms with Gasteiger partial charge in [0, 0.05) is 32.9 Å². The highest BCUT2D eigenvalue weighted by molar-refractivity contribution is 5.99. The summed E-state index contributed by atoms with van der Waals surface area (Å²) in [7, 11) is 0. The molecule has 34 nitrogen and oxygen atoms in total. The van der Waals surface area contributed by atoms with Gasteiger partial charge in [-0.15, -0.1) is 0 Å². The molecule has 0 saturated heterocycles. The van der Waals surface area contributed by atoms with Gasteiger partial charge in [-0.1, -0.05) is 27.7 Å². The van der Waals surface area contributed by atoms with Gasteiger partial charge in [0.05, 0.1) is 12.5 Å². The van der Waals surface area contributed by atoms with Gasteiger partial charge in [-0.2, -0.15) is 0 Å². The molecule has 0 aromatic rings. The van der Waals surface area contributed by atoms with Crippen LogP contribution in [0.25, 0.3) is 0 Å². The van der Waals surface area contributed by atoms with Crippen molar-refractivity contribution in [2.45, 2.75) is 192 Å². The lowest BCUT2D eigenvalue weighted by Gasteiger charge is -2.29. The number of amides is 12. The molecule has 12 amide bonds. The predicted octanol–water partition coefficient (Wildman–Crippen LogP) is -7.43. The van der Waals surface area contributed by atoms with Gasteiger partial charge < -0.3 is 104 Å². The van der Waals surface area contributed by atoms with Gasteiger partial charge in [-0.3, -0.25) is 72.3 Å². The average Bonchev–Trinajstić information content (AvgIpc) is 3.52. The Hall–Kier alpha value is -8.43. The van der Waals surface area contributed by atoms with E-state index >= 15 is 0 Å². The van der Waals surface area contributed by atoms with Crippen LogP contribution in [0.15, 0.2) is 9.98 Å². The number of rotatable bonds is 43. The van der Waals surface area contributed by atoms with Crippen molar-refractivity contribution in [2.24, 2.45) is 67.7 Å². The van der Waals surface area contributed by atoms with Crippen LogP contribution >= 0.6 is 0 Å². The number of unbranched alkanes of at least 4 members (excludes halogenated alkanes) is 1. The van der Waals surface area contributed by atoms with E-state index in [9.17, 15) is 72.5 Å². The molecule has 0 bridgehead atoms. The predicted molar refractivity (Wildman–Crippen MR) is 305 cm³/mol. The largest absolute Gasteiger partial charge is 0.481 e. The number of aliphatic hydroxyl groups excluding tert-OH is 1. The Morgan fingerprint density at radius 1 is 0.417 bits per heavy atom. The number of aliphatic imine (C=N–C) groups is 2. The molecular formula is C50H91N19O15. The van der Waals surface area contributed by atoms with E-state index in [4.69, 9.17) is 45.9 Å². The molecule has 0 aromatic carbocycles. The number of aliphatic hydroxyl groups is 1. The zero-order valence-electron chi connectivity index (χ0n) is 48.7. The van der Waals surface area contributed by atoms with E-state index in [1.165, 1.54) is 0 Å². The molecule has 34 heteroatoms. The lowest BCUT2D eigenvalue weighted by atomic mass is 9.99. The third-order valence-electron chi connectivity index (χ3n) is 12.2. The van der Waals surface area contributed by atoms with Crippen LogP contribution in [0.4, 0.5) is 0 Å². The van der Waals surface area contributed by atoms with Crippen molar-refractivity contribution >= 4 is 88.8 Å². The number of carbonyl (C=O) groups excluding carboxylic acids is 12. The fourth-order valence-electron chi connectivity index (χ4n) is 8.02. The van der Waals surface area contributed by atoms with E-state index in [2.05, 4.69) is 57.8 Å². The molecule has 0 spiro atoms. The molecule has 27 N–H and O–H groups in total. The molecule has 0 aliphatic heterocycles. The second-order valence-electron chi connectivity index (χ2n) is 20.9. The summed E-state index contributed by atoms with van der Waals surface area (Å²) >= 11 is 0. The first-order chi connectivity index (χ1) is 39.2. The number of nitrogens with two attached hydrogens (primary N) is 8.